The van der Waals surface area contributed by atoms with E-state index in [9.17, 15) is 44.4 Å². The Labute approximate surface area is 171 Å². The summed E-state index contributed by atoms with van der Waals surface area (Å²) >= 11 is 0. The molecule has 162 valence electrons. The number of carboxylic acids is 4. The van der Waals surface area contributed by atoms with Crippen molar-refractivity contribution in [1.82, 2.24) is 4.90 Å². The number of ketones is 1. The normalized spacial score (nSPS) is 24.7. The van der Waals surface area contributed by atoms with Gasteiger partial charge in [0.15, 0.2) is 11.8 Å². The average Bonchev–Trinajstić information content (AvgIpc) is 2.59. The van der Waals surface area contributed by atoms with Crippen LogP contribution in [0.4, 0.5) is 0 Å². The number of carbonyl (C=O) groups excluding carboxylic acids is 1. The van der Waals surface area contributed by atoms with E-state index in [0.29, 0.717) is 0 Å². The minimum Gasteiger partial charge on any atom is -0.481 e. The van der Waals surface area contributed by atoms with Crippen molar-refractivity contribution in [1.29, 1.82) is 0 Å². The highest BCUT2D eigenvalue weighted by Gasteiger charge is 2.63. The van der Waals surface area contributed by atoms with Crippen molar-refractivity contribution < 1.29 is 44.4 Å². The lowest BCUT2D eigenvalue weighted by Gasteiger charge is -2.50. The fourth-order valence-electron chi connectivity index (χ4n) is 4.48. The Hall–Kier alpha value is -3.27. The summed E-state index contributed by atoms with van der Waals surface area (Å²) in [5.41, 5.74) is -3.36. The third-order valence-electron chi connectivity index (χ3n) is 5.65. The molecule has 0 aliphatic carbocycles. The first kappa shape index (κ1) is 23.0. The van der Waals surface area contributed by atoms with Gasteiger partial charge in [-0.3, -0.25) is 28.9 Å². The Bertz CT molecular complexity index is 806. The largest absolute Gasteiger partial charge is 0.481 e. The van der Waals surface area contributed by atoms with E-state index < -0.39 is 52.3 Å². The van der Waals surface area contributed by atoms with Crippen LogP contribution in [-0.2, 0) is 30.5 Å². The van der Waals surface area contributed by atoms with Crippen LogP contribution in [0.2, 0.25) is 0 Å². The molecule has 0 spiro atoms. The molecule has 1 fully saturated rings. The molecule has 1 aromatic carbocycles. The van der Waals surface area contributed by atoms with Gasteiger partial charge in [0.1, 0.15) is 5.78 Å². The minimum atomic E-state index is -2.17. The van der Waals surface area contributed by atoms with E-state index in [2.05, 4.69) is 0 Å². The number of piperidine rings is 1. The maximum Gasteiger partial charge on any atom is 0.318 e. The van der Waals surface area contributed by atoms with E-state index in [1.54, 1.807) is 30.3 Å². The first-order chi connectivity index (χ1) is 13.8. The molecule has 30 heavy (non-hydrogen) atoms. The van der Waals surface area contributed by atoms with Crippen molar-refractivity contribution in [3.8, 4) is 0 Å². The third kappa shape index (κ3) is 4.04. The van der Waals surface area contributed by atoms with E-state index >= 15 is 0 Å². The fourth-order valence-corrected chi connectivity index (χ4v) is 4.48. The second kappa shape index (κ2) is 8.23. The topological polar surface area (TPSA) is 170 Å². The van der Waals surface area contributed by atoms with Crippen LogP contribution in [0.25, 0.3) is 0 Å². The number of likely N-dealkylation sites (tertiary alicyclic amines) is 1. The van der Waals surface area contributed by atoms with Crippen LogP contribution >= 0.6 is 0 Å². The first-order valence-electron chi connectivity index (χ1n) is 9.07. The van der Waals surface area contributed by atoms with Crippen molar-refractivity contribution in [2.75, 3.05) is 13.1 Å². The highest BCUT2D eigenvalue weighted by Crippen LogP contribution is 2.46. The predicted octanol–water partition coefficient (Wildman–Crippen LogP) is 0.655. The second-order valence-corrected chi connectivity index (χ2v) is 8.01. The molecule has 10 nitrogen and oxygen atoms in total. The van der Waals surface area contributed by atoms with Crippen LogP contribution in [0.3, 0.4) is 0 Å². The lowest BCUT2D eigenvalue weighted by Crippen LogP contribution is -2.65. The van der Waals surface area contributed by atoms with E-state index in [4.69, 9.17) is 0 Å². The molecule has 1 saturated heterocycles. The summed E-state index contributed by atoms with van der Waals surface area (Å²) in [6, 6.07) is 8.77. The number of carbonyl (C=O) groups is 5. The molecule has 0 bridgehead atoms. The summed E-state index contributed by atoms with van der Waals surface area (Å²) in [6.45, 7) is 1.85. The van der Waals surface area contributed by atoms with Gasteiger partial charge in [-0.15, -0.1) is 0 Å². The zero-order valence-electron chi connectivity index (χ0n) is 16.4. The first-order valence-corrected chi connectivity index (χ1v) is 9.07. The Morgan fingerprint density at radius 1 is 0.833 bits per heavy atom. The van der Waals surface area contributed by atoms with E-state index in [-0.39, 0.29) is 19.6 Å². The summed E-state index contributed by atoms with van der Waals surface area (Å²) < 4.78 is 0. The molecule has 0 saturated carbocycles. The van der Waals surface area contributed by atoms with Gasteiger partial charge in [-0.25, -0.2) is 0 Å². The number of hydrogen-bond acceptors (Lipinski definition) is 6. The number of carboxylic acid groups (broad SMARTS) is 4. The van der Waals surface area contributed by atoms with Gasteiger partial charge in [0.25, 0.3) is 0 Å². The van der Waals surface area contributed by atoms with Crippen molar-refractivity contribution in [2.45, 2.75) is 20.4 Å². The van der Waals surface area contributed by atoms with Gasteiger partial charge in [-0.1, -0.05) is 30.3 Å². The van der Waals surface area contributed by atoms with Crippen LogP contribution in [-0.4, -0.2) is 68.1 Å². The number of nitrogens with zero attached hydrogens (tertiary/aromatic N) is 1. The molecule has 0 aromatic heterocycles. The zero-order chi connectivity index (χ0) is 22.9. The molecule has 10 heteroatoms. The summed E-state index contributed by atoms with van der Waals surface area (Å²) in [5, 5.41) is 38.0. The molecular weight excluding hydrogens is 398 g/mol. The van der Waals surface area contributed by atoms with Crippen molar-refractivity contribution in [2.24, 2.45) is 22.7 Å². The maximum absolute atomic E-state index is 13.4. The third-order valence-corrected chi connectivity index (χ3v) is 5.65. The number of aliphatic carboxylic acids is 4. The van der Waals surface area contributed by atoms with Crippen molar-refractivity contribution in [3.05, 3.63) is 35.9 Å². The Balaban J connectivity index is 2.63. The van der Waals surface area contributed by atoms with Crippen LogP contribution in [0.1, 0.15) is 19.4 Å². The Morgan fingerprint density at radius 2 is 1.20 bits per heavy atom. The van der Waals surface area contributed by atoms with E-state index in [1.807, 2.05) is 0 Å². The molecule has 0 amide bonds. The second-order valence-electron chi connectivity index (χ2n) is 8.01. The van der Waals surface area contributed by atoms with Gasteiger partial charge < -0.3 is 20.4 Å². The van der Waals surface area contributed by atoms with E-state index in [0.717, 1.165) is 19.4 Å². The monoisotopic (exact) mass is 421 g/mol. The minimum absolute atomic E-state index is 0.150. The van der Waals surface area contributed by atoms with Gasteiger partial charge >= 0.3 is 23.9 Å². The summed E-state index contributed by atoms with van der Waals surface area (Å²) in [6.07, 6.45) is 0. The predicted molar refractivity (Wildman–Crippen MR) is 100 cm³/mol. The number of rotatable bonds is 8. The Kier molecular flexibility index (Phi) is 6.31. The number of hydrogen-bond donors (Lipinski definition) is 4. The lowest BCUT2D eigenvalue weighted by molar-refractivity contribution is -0.180. The zero-order valence-corrected chi connectivity index (χ0v) is 16.4. The van der Waals surface area contributed by atoms with Gasteiger partial charge in [0.05, 0.1) is 10.8 Å². The standard InChI is InChI=1S/C20H23NO9/c1-19(12(14(22)23)15(24)25)9-21(8-11-6-4-3-5-7-11)10-20(2,18(19)30)13(16(26)27)17(28)29/h3-7,12-13H,8-10H2,1-2H3,(H,22,23)(H,24,25)(H,26,27)(H,28,29). The van der Waals surface area contributed by atoms with Gasteiger partial charge in [0, 0.05) is 19.6 Å². The van der Waals surface area contributed by atoms with Crippen molar-refractivity contribution >= 4 is 29.7 Å². The highest BCUT2D eigenvalue weighted by atomic mass is 16.4. The lowest BCUT2D eigenvalue weighted by atomic mass is 9.58. The smallest absolute Gasteiger partial charge is 0.318 e. The molecule has 2 rings (SSSR count). The molecule has 0 radical (unpaired) electrons. The van der Waals surface area contributed by atoms with Gasteiger partial charge in [-0.05, 0) is 19.4 Å². The molecule has 1 aliphatic rings. The molecule has 2 unspecified atom stereocenters. The molecule has 1 heterocycles. The highest BCUT2D eigenvalue weighted by molar-refractivity contribution is 6.07. The quantitative estimate of drug-likeness (QED) is 0.437. The summed E-state index contributed by atoms with van der Waals surface area (Å²) in [5.74, 6) is -12.4. The van der Waals surface area contributed by atoms with E-state index in [1.165, 1.54) is 4.90 Å². The van der Waals surface area contributed by atoms with Crippen LogP contribution in [0.5, 0.6) is 0 Å². The number of benzene rings is 1. The SMILES string of the molecule is CC1(C(C(=O)O)C(=O)O)CN(Cc2ccccc2)CC(C)(C(C(=O)O)C(=O)O)C1=O. The average molecular weight is 421 g/mol. The molecule has 4 N–H and O–H groups in total. The van der Waals surface area contributed by atoms with Gasteiger partial charge in [-0.2, -0.15) is 0 Å². The molecule has 2 atom stereocenters. The summed E-state index contributed by atoms with van der Waals surface area (Å²) in [4.78, 5) is 61.8. The summed E-state index contributed by atoms with van der Waals surface area (Å²) in [7, 11) is 0. The van der Waals surface area contributed by atoms with Crippen LogP contribution < -0.4 is 0 Å². The van der Waals surface area contributed by atoms with Gasteiger partial charge in [0.2, 0.25) is 0 Å². The van der Waals surface area contributed by atoms with Crippen molar-refractivity contribution in [3.63, 3.8) is 0 Å². The van der Waals surface area contributed by atoms with Crippen LogP contribution in [0.15, 0.2) is 30.3 Å². The maximum atomic E-state index is 13.4. The van der Waals surface area contributed by atoms with Crippen LogP contribution in [0, 0.1) is 22.7 Å². The molecule has 1 aliphatic heterocycles. The molecule has 1 aromatic rings. The fraction of sp³-hybridized carbons (Fsp3) is 0.450. The Morgan fingerprint density at radius 3 is 1.53 bits per heavy atom. The number of Topliss-reactive ketones (excluding diaryl/α,β-unsaturated/α-hetero) is 1. The molecular formula is C20H23NO9.